The molecule has 9 heteroatoms. The van der Waals surface area contributed by atoms with Gasteiger partial charge in [0.1, 0.15) is 11.9 Å². The maximum atomic E-state index is 12.7. The van der Waals surface area contributed by atoms with Crippen molar-refractivity contribution < 1.29 is 14.5 Å². The minimum atomic E-state index is -0.795. The van der Waals surface area contributed by atoms with Gasteiger partial charge in [-0.1, -0.05) is 43.3 Å². The molecule has 0 saturated carbocycles. The first-order valence-electron chi connectivity index (χ1n) is 9.91. The van der Waals surface area contributed by atoms with Crippen molar-refractivity contribution in [2.24, 2.45) is 0 Å². The van der Waals surface area contributed by atoms with Crippen LogP contribution in [0.25, 0.3) is 11.1 Å². The number of nitro benzene ring substituents is 1. The first kappa shape index (κ1) is 20.3. The summed E-state index contributed by atoms with van der Waals surface area (Å²) in [7, 11) is 0. The number of nitro groups is 1. The summed E-state index contributed by atoms with van der Waals surface area (Å²) >= 11 is 0. The lowest BCUT2D eigenvalue weighted by Gasteiger charge is -2.11. The van der Waals surface area contributed by atoms with Gasteiger partial charge >= 0.3 is 0 Å². The third-order valence-electron chi connectivity index (χ3n) is 5.30. The number of aromatic nitrogens is 2. The molecule has 0 spiro atoms. The van der Waals surface area contributed by atoms with Crippen molar-refractivity contribution in [3.05, 3.63) is 69.9 Å². The Hall–Kier alpha value is -4.01. The van der Waals surface area contributed by atoms with Crippen molar-refractivity contribution in [1.29, 1.82) is 0 Å². The highest BCUT2D eigenvalue weighted by Crippen LogP contribution is 2.38. The fourth-order valence-electron chi connectivity index (χ4n) is 3.71. The quantitative estimate of drug-likeness (QED) is 0.465. The lowest BCUT2D eigenvalue weighted by atomic mass is 10.0. The number of aryl methyl sites for hydroxylation is 2. The molecule has 31 heavy (non-hydrogen) atoms. The monoisotopic (exact) mass is 419 g/mol. The molecular weight excluding hydrogens is 398 g/mol. The summed E-state index contributed by atoms with van der Waals surface area (Å²) in [5.74, 6) is -0.156. The molecule has 1 unspecified atom stereocenters. The van der Waals surface area contributed by atoms with Crippen LogP contribution in [0.3, 0.4) is 0 Å². The Kier molecular flexibility index (Phi) is 5.24. The van der Waals surface area contributed by atoms with Crippen molar-refractivity contribution in [1.82, 2.24) is 9.78 Å². The van der Waals surface area contributed by atoms with Crippen LogP contribution < -0.4 is 10.6 Å². The topological polar surface area (TPSA) is 119 Å². The fraction of sp³-hybridized carbons (Fsp3) is 0.227. The number of anilines is 2. The van der Waals surface area contributed by atoms with Crippen LogP contribution in [-0.2, 0) is 16.0 Å². The van der Waals surface area contributed by atoms with Gasteiger partial charge in [-0.15, -0.1) is 0 Å². The zero-order chi connectivity index (χ0) is 22.1. The maximum absolute atomic E-state index is 12.7. The average Bonchev–Trinajstić information content (AvgIpc) is 3.25. The Morgan fingerprint density at radius 3 is 2.68 bits per heavy atom. The summed E-state index contributed by atoms with van der Waals surface area (Å²) in [4.78, 5) is 35.8. The van der Waals surface area contributed by atoms with E-state index in [1.807, 2.05) is 37.3 Å². The van der Waals surface area contributed by atoms with Gasteiger partial charge in [0.2, 0.25) is 5.91 Å². The van der Waals surface area contributed by atoms with Crippen molar-refractivity contribution in [2.75, 3.05) is 10.6 Å². The SMILES string of the molecule is CCc1nn2c(c1-c1ccccc1)NC(=O)C2CC(=O)Nc1cc([N+](=O)[O-])ccc1C. The first-order valence-corrected chi connectivity index (χ1v) is 9.91. The molecule has 2 heterocycles. The van der Waals surface area contributed by atoms with Crippen LogP contribution in [0.15, 0.2) is 48.5 Å². The number of hydrogen-bond acceptors (Lipinski definition) is 5. The third kappa shape index (κ3) is 3.77. The normalized spacial score (nSPS) is 14.8. The minimum Gasteiger partial charge on any atom is -0.326 e. The number of hydrogen-bond donors (Lipinski definition) is 2. The molecule has 0 bridgehead atoms. The molecule has 1 aliphatic heterocycles. The van der Waals surface area contributed by atoms with Gasteiger partial charge in [0.25, 0.3) is 11.6 Å². The number of carbonyl (C=O) groups excluding carboxylic acids is 2. The predicted octanol–water partition coefficient (Wildman–Crippen LogP) is 3.85. The fourth-order valence-corrected chi connectivity index (χ4v) is 3.71. The van der Waals surface area contributed by atoms with Gasteiger partial charge in [0.15, 0.2) is 0 Å². The van der Waals surface area contributed by atoms with Gasteiger partial charge in [-0.3, -0.25) is 19.7 Å². The molecule has 1 aliphatic rings. The van der Waals surface area contributed by atoms with Crippen molar-refractivity contribution >= 4 is 29.0 Å². The number of nitrogens with one attached hydrogen (secondary N) is 2. The molecule has 2 aromatic carbocycles. The highest BCUT2D eigenvalue weighted by Gasteiger charge is 2.36. The summed E-state index contributed by atoms with van der Waals surface area (Å²) < 4.78 is 1.57. The van der Waals surface area contributed by atoms with Crippen LogP contribution in [0.1, 0.15) is 30.6 Å². The highest BCUT2D eigenvalue weighted by atomic mass is 16.6. The molecule has 1 aromatic heterocycles. The molecule has 9 nitrogen and oxygen atoms in total. The number of fused-ring (bicyclic) bond motifs is 1. The largest absolute Gasteiger partial charge is 0.326 e. The summed E-state index contributed by atoms with van der Waals surface area (Å²) in [5.41, 5.74) is 3.55. The molecule has 0 aliphatic carbocycles. The van der Waals surface area contributed by atoms with E-state index in [0.29, 0.717) is 23.5 Å². The molecule has 2 N–H and O–H groups in total. The molecule has 0 radical (unpaired) electrons. The second-order valence-corrected chi connectivity index (χ2v) is 7.35. The Morgan fingerprint density at radius 2 is 2.00 bits per heavy atom. The van der Waals surface area contributed by atoms with Gasteiger partial charge in [-0.05, 0) is 24.5 Å². The Labute approximate surface area is 178 Å². The Morgan fingerprint density at radius 1 is 1.26 bits per heavy atom. The zero-order valence-corrected chi connectivity index (χ0v) is 17.1. The molecule has 2 amide bonds. The smallest absolute Gasteiger partial charge is 0.271 e. The van der Waals surface area contributed by atoms with E-state index in [4.69, 9.17) is 0 Å². The number of amides is 2. The molecular formula is C22H21N5O4. The van der Waals surface area contributed by atoms with Crippen LogP contribution in [0.5, 0.6) is 0 Å². The average molecular weight is 419 g/mol. The number of carbonyl (C=O) groups is 2. The van der Waals surface area contributed by atoms with Crippen molar-refractivity contribution in [2.45, 2.75) is 32.7 Å². The van der Waals surface area contributed by atoms with Gasteiger partial charge in [0.05, 0.1) is 22.7 Å². The van der Waals surface area contributed by atoms with Gasteiger partial charge in [-0.2, -0.15) is 5.10 Å². The van der Waals surface area contributed by atoms with Crippen molar-refractivity contribution in [3.63, 3.8) is 0 Å². The van der Waals surface area contributed by atoms with E-state index in [1.165, 1.54) is 12.1 Å². The second-order valence-electron chi connectivity index (χ2n) is 7.35. The molecule has 4 rings (SSSR count). The third-order valence-corrected chi connectivity index (χ3v) is 5.30. The Balaban J connectivity index is 1.60. The predicted molar refractivity (Wildman–Crippen MR) is 116 cm³/mol. The van der Waals surface area contributed by atoms with E-state index in [1.54, 1.807) is 17.7 Å². The number of nitrogens with zero attached hydrogens (tertiary/aromatic N) is 3. The number of benzene rings is 2. The van der Waals surface area contributed by atoms with Crippen LogP contribution in [0.4, 0.5) is 17.2 Å². The first-order chi connectivity index (χ1) is 14.9. The standard InChI is InChI=1S/C22H21N5O4/c1-3-16-20(14-7-5-4-6-8-14)21-24-22(29)18(26(21)25-16)12-19(28)23-17-11-15(27(30)31)10-9-13(17)2/h4-11,18H,3,12H2,1-2H3,(H,23,28)(H,24,29). The van der Waals surface area contributed by atoms with E-state index >= 15 is 0 Å². The summed E-state index contributed by atoms with van der Waals surface area (Å²) in [6.45, 7) is 3.73. The summed E-state index contributed by atoms with van der Waals surface area (Å²) in [5, 5.41) is 21.2. The van der Waals surface area contributed by atoms with E-state index in [9.17, 15) is 19.7 Å². The van der Waals surface area contributed by atoms with E-state index in [0.717, 1.165) is 16.8 Å². The molecule has 0 saturated heterocycles. The van der Waals surface area contributed by atoms with Crippen LogP contribution in [0, 0.1) is 17.0 Å². The maximum Gasteiger partial charge on any atom is 0.271 e. The zero-order valence-electron chi connectivity index (χ0n) is 17.1. The summed E-state index contributed by atoms with van der Waals surface area (Å²) in [6.07, 6.45) is 0.534. The van der Waals surface area contributed by atoms with Gasteiger partial charge in [0, 0.05) is 17.7 Å². The molecule has 0 fully saturated rings. The van der Waals surface area contributed by atoms with E-state index in [-0.39, 0.29) is 18.0 Å². The lowest BCUT2D eigenvalue weighted by Crippen LogP contribution is -2.24. The number of non-ortho nitro benzene ring substituents is 1. The van der Waals surface area contributed by atoms with Crippen LogP contribution >= 0.6 is 0 Å². The van der Waals surface area contributed by atoms with Gasteiger partial charge < -0.3 is 10.6 Å². The van der Waals surface area contributed by atoms with E-state index < -0.39 is 16.9 Å². The molecule has 158 valence electrons. The number of rotatable bonds is 6. The lowest BCUT2D eigenvalue weighted by molar-refractivity contribution is -0.384. The van der Waals surface area contributed by atoms with E-state index in [2.05, 4.69) is 15.7 Å². The minimum absolute atomic E-state index is 0.117. The van der Waals surface area contributed by atoms with Crippen molar-refractivity contribution in [3.8, 4) is 11.1 Å². The van der Waals surface area contributed by atoms with Gasteiger partial charge in [-0.25, -0.2) is 4.68 Å². The summed E-state index contributed by atoms with van der Waals surface area (Å²) in [6, 6.07) is 13.1. The van der Waals surface area contributed by atoms with Crippen LogP contribution in [0.2, 0.25) is 0 Å². The Bertz CT molecular complexity index is 1190. The van der Waals surface area contributed by atoms with Crippen LogP contribution in [-0.4, -0.2) is 26.5 Å². The molecule has 1 atom stereocenters. The second kappa shape index (κ2) is 8.02. The molecule has 3 aromatic rings. The highest BCUT2D eigenvalue weighted by molar-refractivity contribution is 6.04.